The van der Waals surface area contributed by atoms with Crippen molar-refractivity contribution in [2.24, 2.45) is 5.92 Å². The van der Waals surface area contributed by atoms with Crippen molar-refractivity contribution >= 4 is 5.69 Å². The third-order valence-electron chi connectivity index (χ3n) is 4.44. The Morgan fingerprint density at radius 1 is 1.19 bits per heavy atom. The molecule has 11 heteroatoms. The molecule has 3 nitrogen and oxygen atoms in total. The molecule has 150 valence electrons. The lowest BCUT2D eigenvalue weighted by atomic mass is 10.0. The number of hydrogen-bond acceptors (Lipinski definition) is 3. The summed E-state index contributed by atoms with van der Waals surface area (Å²) in [5.74, 6) is -1.35. The first-order valence-electron chi connectivity index (χ1n) is 7.75. The van der Waals surface area contributed by atoms with Crippen LogP contribution in [-0.4, -0.2) is 36.4 Å². The number of nitriles is 1. The number of rotatable bonds is 4. The summed E-state index contributed by atoms with van der Waals surface area (Å²) in [5.41, 5.74) is -2.23. The highest BCUT2D eigenvalue weighted by atomic mass is 19.4. The number of hydrogen-bond donors (Lipinski definition) is 1. The van der Waals surface area contributed by atoms with Crippen molar-refractivity contribution in [1.82, 2.24) is 0 Å². The zero-order chi connectivity index (χ0) is 20.6. The van der Waals surface area contributed by atoms with E-state index in [-0.39, 0.29) is 5.69 Å². The van der Waals surface area contributed by atoms with Gasteiger partial charge in [0.05, 0.1) is 17.2 Å². The van der Waals surface area contributed by atoms with E-state index in [1.165, 1.54) is 6.07 Å². The summed E-state index contributed by atoms with van der Waals surface area (Å²) >= 11 is 0. The lowest BCUT2D eigenvalue weighted by Crippen LogP contribution is -2.38. The largest absolute Gasteiger partial charge is 0.417 e. The standard InChI is InChI=1S/C16H14F8N2O/c17-14(18)9-3-11(5-13(27)16(22,23)24)26(7-9)10-2-1-8(6-25)12(4-10)15(19,20)21/h1-2,4,9,11,13-14,27H,3,5,7H2/t9-,11-,13-/m1/s1. The van der Waals surface area contributed by atoms with Gasteiger partial charge in [0, 0.05) is 30.6 Å². The fraction of sp³-hybridized carbons (Fsp3) is 0.562. The van der Waals surface area contributed by atoms with E-state index >= 15 is 0 Å². The highest BCUT2D eigenvalue weighted by Crippen LogP contribution is 2.39. The number of benzene rings is 1. The SMILES string of the molecule is N#Cc1ccc(N2C[C@H](C(F)F)C[C@@H]2C[C@@H](O)C(F)(F)F)cc1C(F)(F)F. The van der Waals surface area contributed by atoms with Crippen molar-refractivity contribution in [3.8, 4) is 6.07 Å². The first kappa shape index (κ1) is 21.2. The molecule has 1 aromatic carbocycles. The maximum atomic E-state index is 13.1. The second-order valence-electron chi connectivity index (χ2n) is 6.27. The molecule has 0 bridgehead atoms. The Balaban J connectivity index is 2.39. The van der Waals surface area contributed by atoms with Crippen molar-refractivity contribution in [3.63, 3.8) is 0 Å². The molecule has 0 spiro atoms. The number of anilines is 1. The van der Waals surface area contributed by atoms with Gasteiger partial charge in [-0.2, -0.15) is 31.6 Å². The molecule has 0 aliphatic carbocycles. The van der Waals surface area contributed by atoms with E-state index in [0.717, 1.165) is 17.0 Å². The second-order valence-corrected chi connectivity index (χ2v) is 6.27. The van der Waals surface area contributed by atoms with Crippen LogP contribution in [0.25, 0.3) is 0 Å². The smallest absolute Gasteiger partial charge is 0.384 e. The van der Waals surface area contributed by atoms with Gasteiger partial charge in [-0.1, -0.05) is 0 Å². The minimum atomic E-state index is -4.98. The van der Waals surface area contributed by atoms with Crippen LogP contribution in [0.4, 0.5) is 40.8 Å². The summed E-state index contributed by atoms with van der Waals surface area (Å²) in [6, 6.07) is 2.59. The Morgan fingerprint density at radius 2 is 1.81 bits per heavy atom. The molecule has 1 aliphatic heterocycles. The average Bonchev–Trinajstić information content (AvgIpc) is 2.96. The van der Waals surface area contributed by atoms with Crippen LogP contribution in [0.15, 0.2) is 18.2 Å². The highest BCUT2D eigenvalue weighted by molar-refractivity contribution is 5.56. The predicted octanol–water partition coefficient (Wildman–Crippen LogP) is 4.35. The number of aliphatic hydroxyl groups is 1. The molecular formula is C16H14F8N2O. The first-order valence-corrected chi connectivity index (χ1v) is 7.75. The first-order chi connectivity index (χ1) is 12.3. The molecule has 27 heavy (non-hydrogen) atoms. The van der Waals surface area contributed by atoms with Gasteiger partial charge in [-0.25, -0.2) is 8.78 Å². The van der Waals surface area contributed by atoms with Gasteiger partial charge in [0.2, 0.25) is 6.43 Å². The van der Waals surface area contributed by atoms with Gasteiger partial charge in [0.25, 0.3) is 0 Å². The molecular weight excluding hydrogens is 388 g/mol. The molecule has 1 heterocycles. The third-order valence-corrected chi connectivity index (χ3v) is 4.44. The van der Waals surface area contributed by atoms with Crippen molar-refractivity contribution < 1.29 is 40.2 Å². The number of alkyl halides is 8. The molecule has 2 rings (SSSR count). The van der Waals surface area contributed by atoms with Crippen molar-refractivity contribution in [2.75, 3.05) is 11.4 Å². The van der Waals surface area contributed by atoms with Crippen molar-refractivity contribution in [1.29, 1.82) is 5.26 Å². The van der Waals surface area contributed by atoms with Gasteiger partial charge in [0.1, 0.15) is 0 Å². The molecule has 3 atom stereocenters. The monoisotopic (exact) mass is 402 g/mol. The van der Waals surface area contributed by atoms with Crippen LogP contribution in [0.2, 0.25) is 0 Å². The maximum absolute atomic E-state index is 13.1. The Hall–Kier alpha value is -2.09. The topological polar surface area (TPSA) is 47.3 Å². The van der Waals surface area contributed by atoms with Crippen LogP contribution in [0.1, 0.15) is 24.0 Å². The van der Waals surface area contributed by atoms with Gasteiger partial charge in [0.15, 0.2) is 6.10 Å². The van der Waals surface area contributed by atoms with Gasteiger partial charge in [-0.3, -0.25) is 0 Å². The molecule has 1 N–H and O–H groups in total. The average molecular weight is 402 g/mol. The molecule has 0 amide bonds. The predicted molar refractivity (Wildman–Crippen MR) is 78.1 cm³/mol. The molecule has 1 aromatic rings. The lowest BCUT2D eigenvalue weighted by molar-refractivity contribution is -0.206. The van der Waals surface area contributed by atoms with Crippen LogP contribution < -0.4 is 4.90 Å². The highest BCUT2D eigenvalue weighted by Gasteiger charge is 2.45. The Kier molecular flexibility index (Phi) is 5.89. The molecule has 0 radical (unpaired) electrons. The van der Waals surface area contributed by atoms with E-state index in [1.54, 1.807) is 0 Å². The van der Waals surface area contributed by atoms with Gasteiger partial charge in [-0.15, -0.1) is 0 Å². The summed E-state index contributed by atoms with van der Waals surface area (Å²) in [5, 5.41) is 18.0. The molecule has 0 unspecified atom stereocenters. The van der Waals surface area contributed by atoms with Gasteiger partial charge in [-0.05, 0) is 24.6 Å². The van der Waals surface area contributed by atoms with E-state index < -0.39 is 67.4 Å². The Labute approximate surface area is 148 Å². The van der Waals surface area contributed by atoms with Crippen LogP contribution in [0, 0.1) is 17.2 Å². The lowest BCUT2D eigenvalue weighted by Gasteiger charge is -2.29. The zero-order valence-corrected chi connectivity index (χ0v) is 13.5. The van der Waals surface area contributed by atoms with Gasteiger partial charge < -0.3 is 10.0 Å². The maximum Gasteiger partial charge on any atom is 0.417 e. The van der Waals surface area contributed by atoms with E-state index in [2.05, 4.69) is 0 Å². The molecule has 0 aromatic heterocycles. The minimum absolute atomic E-state index is 0.233. The van der Waals surface area contributed by atoms with Crippen molar-refractivity contribution in [3.05, 3.63) is 29.3 Å². The molecule has 1 fully saturated rings. The number of nitrogens with zero attached hydrogens (tertiary/aromatic N) is 2. The Bertz CT molecular complexity index is 710. The van der Waals surface area contributed by atoms with Crippen LogP contribution in [0.3, 0.4) is 0 Å². The quantitative estimate of drug-likeness (QED) is 0.762. The fourth-order valence-electron chi connectivity index (χ4n) is 3.11. The van der Waals surface area contributed by atoms with E-state index in [4.69, 9.17) is 5.26 Å². The summed E-state index contributed by atoms with van der Waals surface area (Å²) in [6.07, 6.45) is -16.9. The van der Waals surface area contributed by atoms with Crippen LogP contribution in [-0.2, 0) is 6.18 Å². The van der Waals surface area contributed by atoms with E-state index in [1.807, 2.05) is 0 Å². The minimum Gasteiger partial charge on any atom is -0.384 e. The van der Waals surface area contributed by atoms with Crippen molar-refractivity contribution in [2.45, 2.75) is 43.8 Å². The second kappa shape index (κ2) is 7.50. The van der Waals surface area contributed by atoms with E-state index in [9.17, 15) is 40.2 Å². The summed E-state index contributed by atoms with van der Waals surface area (Å²) in [7, 11) is 0. The number of halogens is 8. The molecule has 1 aliphatic rings. The normalized spacial score (nSPS) is 22.2. The third kappa shape index (κ3) is 4.80. The fourth-order valence-corrected chi connectivity index (χ4v) is 3.11. The zero-order valence-electron chi connectivity index (χ0n) is 13.5. The van der Waals surface area contributed by atoms with Gasteiger partial charge >= 0.3 is 12.4 Å². The Morgan fingerprint density at radius 3 is 2.30 bits per heavy atom. The summed E-state index contributed by atoms with van der Waals surface area (Å²) in [4.78, 5) is 1.00. The van der Waals surface area contributed by atoms with Crippen LogP contribution in [0.5, 0.6) is 0 Å². The van der Waals surface area contributed by atoms with E-state index in [0.29, 0.717) is 6.07 Å². The molecule has 1 saturated heterocycles. The summed E-state index contributed by atoms with van der Waals surface area (Å²) < 4.78 is 103. The summed E-state index contributed by atoms with van der Waals surface area (Å²) in [6.45, 7) is -0.462. The van der Waals surface area contributed by atoms with Crippen LogP contribution >= 0.6 is 0 Å². The molecule has 0 saturated carbocycles. The number of aliphatic hydroxyl groups excluding tert-OH is 1.